The number of alkyl halides is 3. The molecule has 0 aliphatic rings. The van der Waals surface area contributed by atoms with E-state index in [0.29, 0.717) is 12.8 Å². The van der Waals surface area contributed by atoms with Gasteiger partial charge < -0.3 is 0 Å². The Morgan fingerprint density at radius 3 is 1.92 bits per heavy atom. The maximum absolute atomic E-state index is 13.9. The average molecular weight is 376 g/mol. The van der Waals surface area contributed by atoms with Gasteiger partial charge >= 0.3 is 6.18 Å². The van der Waals surface area contributed by atoms with Crippen LogP contribution in [-0.4, -0.2) is 0 Å². The fourth-order valence-electron chi connectivity index (χ4n) is 2.59. The predicted octanol–water partition coefficient (Wildman–Crippen LogP) is 6.55. The van der Waals surface area contributed by atoms with Crippen LogP contribution in [0.3, 0.4) is 0 Å². The molecule has 0 radical (unpaired) electrons. The molecule has 0 aliphatic heterocycles. The van der Waals surface area contributed by atoms with E-state index in [2.05, 4.69) is 0 Å². The minimum Gasteiger partial charge on any atom is -0.203 e. The summed E-state index contributed by atoms with van der Waals surface area (Å²) in [7, 11) is 0. The summed E-state index contributed by atoms with van der Waals surface area (Å²) in [5.74, 6) is -10.1. The van der Waals surface area contributed by atoms with Gasteiger partial charge in [-0.05, 0) is 18.4 Å². The second-order valence-corrected chi connectivity index (χ2v) is 5.78. The molecular weight excluding hydrogens is 361 g/mol. The lowest BCUT2D eigenvalue weighted by Crippen LogP contribution is -2.17. The first-order valence-corrected chi connectivity index (χ1v) is 7.78. The number of rotatable bonds is 5. The van der Waals surface area contributed by atoms with Crippen LogP contribution in [-0.2, 0) is 12.6 Å². The van der Waals surface area contributed by atoms with Crippen LogP contribution in [0.15, 0.2) is 42.5 Å². The topological polar surface area (TPSA) is 0 Å². The van der Waals surface area contributed by atoms with E-state index in [0.717, 1.165) is 5.56 Å². The highest BCUT2D eigenvalue weighted by molar-refractivity contribution is 5.35. The van der Waals surface area contributed by atoms with Gasteiger partial charge in [0.1, 0.15) is 5.56 Å². The molecule has 26 heavy (non-hydrogen) atoms. The van der Waals surface area contributed by atoms with Crippen LogP contribution in [0.25, 0.3) is 0 Å². The molecule has 7 heteroatoms. The Balaban J connectivity index is 2.23. The van der Waals surface area contributed by atoms with Gasteiger partial charge in [-0.2, -0.15) is 13.2 Å². The van der Waals surface area contributed by atoms with Crippen molar-refractivity contribution in [2.75, 3.05) is 0 Å². The summed E-state index contributed by atoms with van der Waals surface area (Å²) >= 11 is 0. The second-order valence-electron chi connectivity index (χ2n) is 5.78. The van der Waals surface area contributed by atoms with Gasteiger partial charge in [0.15, 0.2) is 23.3 Å². The normalized spacial score (nSPS) is 13.4. The molecule has 2 aromatic carbocycles. The lowest BCUT2D eigenvalue weighted by molar-refractivity contribution is -0.143. The average Bonchev–Trinajstić information content (AvgIpc) is 2.57. The Kier molecular flexibility index (Phi) is 6.10. The van der Waals surface area contributed by atoms with E-state index in [-0.39, 0.29) is 0 Å². The zero-order chi connectivity index (χ0) is 19.5. The molecule has 0 saturated carbocycles. The Labute approximate surface area is 146 Å². The lowest BCUT2D eigenvalue weighted by atomic mass is 9.96. The van der Waals surface area contributed by atoms with Crippen molar-refractivity contribution >= 4 is 0 Å². The van der Waals surface area contributed by atoms with Gasteiger partial charge in [0.05, 0.1) is 0 Å². The first-order valence-electron chi connectivity index (χ1n) is 7.78. The molecular formula is C19H15F7. The molecule has 0 heterocycles. The van der Waals surface area contributed by atoms with Gasteiger partial charge in [0, 0.05) is 11.5 Å². The van der Waals surface area contributed by atoms with E-state index in [1.807, 2.05) is 30.3 Å². The monoisotopic (exact) mass is 376 g/mol. The zero-order valence-electron chi connectivity index (χ0n) is 13.7. The van der Waals surface area contributed by atoms with Gasteiger partial charge in [-0.3, -0.25) is 0 Å². The fraction of sp³-hybridized carbons (Fsp3) is 0.263. The van der Waals surface area contributed by atoms with E-state index >= 15 is 0 Å². The molecule has 0 fully saturated rings. The summed E-state index contributed by atoms with van der Waals surface area (Å²) in [6.45, 7) is 1.24. The van der Waals surface area contributed by atoms with E-state index in [1.54, 1.807) is 6.08 Å². The Hall–Kier alpha value is -2.31. The summed E-state index contributed by atoms with van der Waals surface area (Å²) in [5.41, 5.74) is -2.60. The minimum absolute atomic E-state index is 0.489. The molecule has 140 valence electrons. The van der Waals surface area contributed by atoms with E-state index < -0.39 is 46.5 Å². The van der Waals surface area contributed by atoms with Crippen LogP contribution in [0, 0.1) is 23.3 Å². The van der Waals surface area contributed by atoms with Crippen molar-refractivity contribution in [1.82, 2.24) is 0 Å². The maximum Gasteiger partial charge on any atom is 0.422 e. The summed E-state index contributed by atoms with van der Waals surface area (Å²) in [5, 5.41) is 0. The van der Waals surface area contributed by atoms with E-state index in [4.69, 9.17) is 0 Å². The van der Waals surface area contributed by atoms with Crippen molar-refractivity contribution in [3.8, 4) is 0 Å². The Morgan fingerprint density at radius 1 is 0.885 bits per heavy atom. The predicted molar refractivity (Wildman–Crippen MR) is 83.6 cm³/mol. The van der Waals surface area contributed by atoms with Crippen LogP contribution in [0.2, 0.25) is 0 Å². The van der Waals surface area contributed by atoms with Crippen molar-refractivity contribution in [3.63, 3.8) is 0 Å². The molecule has 1 unspecified atom stereocenters. The largest absolute Gasteiger partial charge is 0.422 e. The highest BCUT2D eigenvalue weighted by Gasteiger charge is 2.42. The van der Waals surface area contributed by atoms with Crippen LogP contribution in [0.1, 0.15) is 36.0 Å². The standard InChI is InChI=1S/C19H15F7/c1-11(7-5-6-10-12-8-3-2-4-9-12)13-15(20)17(22)14(19(24,25)26)18(23)16(13)21/h2-5,7-9,11H,6,10H2,1H3/b7-5+. The maximum atomic E-state index is 13.9. The third-order valence-electron chi connectivity index (χ3n) is 3.90. The molecule has 2 rings (SSSR count). The van der Waals surface area contributed by atoms with Crippen LogP contribution >= 0.6 is 0 Å². The molecule has 0 spiro atoms. The highest BCUT2D eigenvalue weighted by atomic mass is 19.4. The first-order chi connectivity index (χ1) is 12.1. The number of hydrogen-bond donors (Lipinski definition) is 0. The van der Waals surface area contributed by atoms with Crippen LogP contribution < -0.4 is 0 Å². The van der Waals surface area contributed by atoms with Crippen molar-refractivity contribution in [2.45, 2.75) is 31.9 Å². The van der Waals surface area contributed by atoms with Crippen molar-refractivity contribution in [3.05, 3.63) is 82.4 Å². The molecule has 0 nitrogen and oxygen atoms in total. The number of benzene rings is 2. The Morgan fingerprint density at radius 2 is 1.42 bits per heavy atom. The van der Waals surface area contributed by atoms with Crippen LogP contribution in [0.4, 0.5) is 30.7 Å². The van der Waals surface area contributed by atoms with Gasteiger partial charge in [0.2, 0.25) is 0 Å². The summed E-state index contributed by atoms with van der Waals surface area (Å²) in [6.07, 6.45) is -1.56. The number of hydrogen-bond acceptors (Lipinski definition) is 0. The molecule has 0 aromatic heterocycles. The van der Waals surface area contributed by atoms with Crippen molar-refractivity contribution in [2.24, 2.45) is 0 Å². The summed E-state index contributed by atoms with van der Waals surface area (Å²) < 4.78 is 92.9. The second kappa shape index (κ2) is 7.93. The van der Waals surface area contributed by atoms with Gasteiger partial charge in [-0.1, -0.05) is 49.4 Å². The molecule has 0 bridgehead atoms. The Bertz CT molecular complexity index is 763. The van der Waals surface area contributed by atoms with Gasteiger partial charge in [-0.15, -0.1) is 0 Å². The molecule has 2 aromatic rings. The molecule has 0 aliphatic carbocycles. The van der Waals surface area contributed by atoms with E-state index in [1.165, 1.54) is 13.0 Å². The van der Waals surface area contributed by atoms with Gasteiger partial charge in [-0.25, -0.2) is 17.6 Å². The fourth-order valence-corrected chi connectivity index (χ4v) is 2.59. The molecule has 1 atom stereocenters. The third-order valence-corrected chi connectivity index (χ3v) is 3.90. The number of allylic oxidation sites excluding steroid dienone is 2. The molecule has 0 saturated heterocycles. The van der Waals surface area contributed by atoms with Crippen molar-refractivity contribution < 1.29 is 30.7 Å². The zero-order valence-corrected chi connectivity index (χ0v) is 13.7. The third kappa shape index (κ3) is 4.26. The SMILES string of the molecule is CC(/C=C/CCc1ccccc1)c1c(F)c(F)c(C(F)(F)F)c(F)c1F. The first kappa shape index (κ1) is 20.0. The quantitative estimate of drug-likeness (QED) is 0.315. The van der Waals surface area contributed by atoms with E-state index in [9.17, 15) is 30.7 Å². The molecule has 0 N–H and O–H groups in total. The molecule has 0 amide bonds. The summed E-state index contributed by atoms with van der Waals surface area (Å²) in [4.78, 5) is 0. The number of aryl methyl sites for hydroxylation is 1. The van der Waals surface area contributed by atoms with Gasteiger partial charge in [0.25, 0.3) is 0 Å². The number of halogens is 7. The smallest absolute Gasteiger partial charge is 0.203 e. The van der Waals surface area contributed by atoms with Crippen LogP contribution in [0.5, 0.6) is 0 Å². The van der Waals surface area contributed by atoms with Crippen molar-refractivity contribution in [1.29, 1.82) is 0 Å². The lowest BCUT2D eigenvalue weighted by Gasteiger charge is -2.16. The highest BCUT2D eigenvalue weighted by Crippen LogP contribution is 2.38. The minimum atomic E-state index is -5.54. The summed E-state index contributed by atoms with van der Waals surface area (Å²) in [6, 6.07) is 9.31.